The Morgan fingerprint density at radius 1 is 1.47 bits per heavy atom. The van der Waals surface area contributed by atoms with Gasteiger partial charge in [0, 0.05) is 18.3 Å². The summed E-state index contributed by atoms with van der Waals surface area (Å²) < 4.78 is 22.5. The van der Waals surface area contributed by atoms with Crippen LogP contribution in [0, 0.1) is 10.1 Å². The summed E-state index contributed by atoms with van der Waals surface area (Å²) in [5.74, 6) is 0. The summed E-state index contributed by atoms with van der Waals surface area (Å²) in [7, 11) is -4.11. The van der Waals surface area contributed by atoms with E-state index in [0.29, 0.717) is 12.2 Å². The molecule has 3 N–H and O–H groups in total. The van der Waals surface area contributed by atoms with Crippen LogP contribution in [0.2, 0.25) is 0 Å². The highest BCUT2D eigenvalue weighted by Crippen LogP contribution is 2.25. The maximum atomic E-state index is 11.2. The highest BCUT2D eigenvalue weighted by atomic mass is 32.2. The zero-order chi connectivity index (χ0) is 13.1. The van der Waals surface area contributed by atoms with Crippen molar-refractivity contribution < 1.29 is 13.3 Å². The van der Waals surface area contributed by atoms with Gasteiger partial charge in [-0.3, -0.25) is 10.1 Å². The molecule has 0 fully saturated rings. The van der Waals surface area contributed by atoms with Crippen molar-refractivity contribution in [3.63, 3.8) is 0 Å². The Labute approximate surface area is 98.8 Å². The average molecular weight is 259 g/mol. The van der Waals surface area contributed by atoms with Crippen LogP contribution < -0.4 is 10.5 Å². The van der Waals surface area contributed by atoms with E-state index in [9.17, 15) is 18.5 Å². The van der Waals surface area contributed by atoms with Crippen molar-refractivity contribution in [2.75, 3.05) is 11.9 Å². The topological polar surface area (TPSA) is 115 Å². The van der Waals surface area contributed by atoms with Gasteiger partial charge in [-0.1, -0.05) is 6.92 Å². The molecule has 17 heavy (non-hydrogen) atoms. The van der Waals surface area contributed by atoms with Crippen LogP contribution in [0.3, 0.4) is 0 Å². The fourth-order valence-corrected chi connectivity index (χ4v) is 2.00. The molecule has 0 saturated carbocycles. The molecule has 0 aliphatic rings. The summed E-state index contributed by atoms with van der Waals surface area (Å²) in [6.07, 6.45) is 0.849. The lowest BCUT2D eigenvalue weighted by Crippen LogP contribution is -2.14. The van der Waals surface area contributed by atoms with Gasteiger partial charge < -0.3 is 5.32 Å². The molecule has 1 rings (SSSR count). The molecule has 0 aliphatic heterocycles. The predicted molar refractivity (Wildman–Crippen MR) is 63.3 cm³/mol. The Balaban J connectivity index is 3.25. The lowest BCUT2D eigenvalue weighted by atomic mass is 10.3. The van der Waals surface area contributed by atoms with Crippen LogP contribution in [0.1, 0.15) is 13.3 Å². The summed E-state index contributed by atoms with van der Waals surface area (Å²) >= 11 is 0. The molecule has 0 amide bonds. The average Bonchev–Trinajstić information content (AvgIpc) is 2.24. The Kier molecular flexibility index (Phi) is 4.02. The van der Waals surface area contributed by atoms with Crippen molar-refractivity contribution in [2.24, 2.45) is 5.14 Å². The lowest BCUT2D eigenvalue weighted by Gasteiger charge is -2.06. The number of nitrogens with zero attached hydrogens (tertiary/aromatic N) is 1. The summed E-state index contributed by atoms with van der Waals surface area (Å²) in [5, 5.41) is 18.5. The molecule has 0 spiro atoms. The van der Waals surface area contributed by atoms with Gasteiger partial charge in [-0.25, -0.2) is 13.6 Å². The highest BCUT2D eigenvalue weighted by Gasteiger charge is 2.22. The van der Waals surface area contributed by atoms with Crippen LogP contribution in [0.25, 0.3) is 0 Å². The van der Waals surface area contributed by atoms with Gasteiger partial charge in [-0.2, -0.15) is 0 Å². The molecule has 0 unspecified atom stereocenters. The fraction of sp³-hybridized carbons (Fsp3) is 0.333. The number of benzene rings is 1. The standard InChI is InChI=1S/C9H13N3O4S/c1-2-5-11-7-3-4-8(12(13)14)9(6-7)17(10,15)16/h3-4,6,11H,2,5H2,1H3,(H2,10,15,16). The molecule has 0 bridgehead atoms. The number of nitrogens with one attached hydrogen (secondary N) is 1. The molecule has 94 valence electrons. The summed E-state index contributed by atoms with van der Waals surface area (Å²) in [5.41, 5.74) is -0.0315. The van der Waals surface area contributed by atoms with Crippen molar-refractivity contribution in [1.82, 2.24) is 0 Å². The number of primary sulfonamides is 1. The largest absolute Gasteiger partial charge is 0.385 e. The van der Waals surface area contributed by atoms with Gasteiger partial charge in [0.1, 0.15) is 0 Å². The Hall–Kier alpha value is -1.67. The second kappa shape index (κ2) is 5.11. The smallest absolute Gasteiger partial charge is 0.289 e. The molecule has 0 aliphatic carbocycles. The minimum Gasteiger partial charge on any atom is -0.385 e. The third kappa shape index (κ3) is 3.40. The second-order valence-electron chi connectivity index (χ2n) is 3.41. The first-order valence-electron chi connectivity index (χ1n) is 4.91. The Morgan fingerprint density at radius 3 is 2.59 bits per heavy atom. The predicted octanol–water partition coefficient (Wildman–Crippen LogP) is 1.06. The first kappa shape index (κ1) is 13.4. The van der Waals surface area contributed by atoms with Gasteiger partial charge >= 0.3 is 0 Å². The molecule has 0 radical (unpaired) electrons. The first-order valence-corrected chi connectivity index (χ1v) is 6.46. The van der Waals surface area contributed by atoms with Crippen LogP contribution in [0.5, 0.6) is 0 Å². The number of sulfonamides is 1. The summed E-state index contributed by atoms with van der Waals surface area (Å²) in [6.45, 7) is 2.58. The van der Waals surface area contributed by atoms with Crippen LogP contribution in [-0.4, -0.2) is 19.9 Å². The fourth-order valence-electron chi connectivity index (χ4n) is 1.27. The van der Waals surface area contributed by atoms with Gasteiger partial charge in [0.15, 0.2) is 4.90 Å². The van der Waals surface area contributed by atoms with Gasteiger partial charge in [-0.15, -0.1) is 0 Å². The molecule has 8 heteroatoms. The van der Waals surface area contributed by atoms with E-state index in [2.05, 4.69) is 5.32 Å². The molecule has 1 aromatic carbocycles. The van der Waals surface area contributed by atoms with Crippen LogP contribution in [0.4, 0.5) is 11.4 Å². The minimum absolute atomic E-state index is 0.483. The van der Waals surface area contributed by atoms with E-state index in [4.69, 9.17) is 5.14 Å². The van der Waals surface area contributed by atoms with Crippen LogP contribution >= 0.6 is 0 Å². The van der Waals surface area contributed by atoms with Crippen LogP contribution in [-0.2, 0) is 10.0 Å². The molecule has 0 heterocycles. The van der Waals surface area contributed by atoms with E-state index in [1.165, 1.54) is 12.1 Å². The Morgan fingerprint density at radius 2 is 2.12 bits per heavy atom. The zero-order valence-corrected chi connectivity index (χ0v) is 10.0. The molecule has 0 atom stereocenters. The van der Waals surface area contributed by atoms with E-state index in [1.807, 2.05) is 6.92 Å². The van der Waals surface area contributed by atoms with E-state index in [-0.39, 0.29) is 0 Å². The molecule has 0 aromatic heterocycles. The van der Waals surface area contributed by atoms with E-state index < -0.39 is 25.5 Å². The maximum Gasteiger partial charge on any atom is 0.289 e. The minimum atomic E-state index is -4.11. The first-order chi connectivity index (χ1) is 7.86. The summed E-state index contributed by atoms with van der Waals surface area (Å²) in [6, 6.07) is 3.74. The number of nitro benzene ring substituents is 1. The number of rotatable bonds is 5. The SMILES string of the molecule is CCCNc1ccc([N+](=O)[O-])c(S(N)(=O)=O)c1. The number of nitro groups is 1. The van der Waals surface area contributed by atoms with Gasteiger partial charge in [0.2, 0.25) is 10.0 Å². The molecule has 0 saturated heterocycles. The van der Waals surface area contributed by atoms with Gasteiger partial charge in [0.05, 0.1) is 4.92 Å². The van der Waals surface area contributed by atoms with E-state index in [0.717, 1.165) is 12.5 Å². The molecular weight excluding hydrogens is 246 g/mol. The number of hydrogen-bond donors (Lipinski definition) is 2. The van der Waals surface area contributed by atoms with Crippen molar-refractivity contribution in [1.29, 1.82) is 0 Å². The monoisotopic (exact) mass is 259 g/mol. The van der Waals surface area contributed by atoms with E-state index in [1.54, 1.807) is 0 Å². The van der Waals surface area contributed by atoms with Gasteiger partial charge in [0.25, 0.3) is 5.69 Å². The third-order valence-corrected chi connectivity index (χ3v) is 2.98. The summed E-state index contributed by atoms with van der Waals surface area (Å²) in [4.78, 5) is 9.40. The van der Waals surface area contributed by atoms with Crippen molar-refractivity contribution in [3.8, 4) is 0 Å². The highest BCUT2D eigenvalue weighted by molar-refractivity contribution is 7.89. The van der Waals surface area contributed by atoms with Crippen LogP contribution in [0.15, 0.2) is 23.1 Å². The molecule has 7 nitrogen and oxygen atoms in total. The van der Waals surface area contributed by atoms with Crippen molar-refractivity contribution in [2.45, 2.75) is 18.2 Å². The van der Waals surface area contributed by atoms with Crippen molar-refractivity contribution >= 4 is 21.4 Å². The second-order valence-corrected chi connectivity index (χ2v) is 4.94. The van der Waals surface area contributed by atoms with Gasteiger partial charge in [-0.05, 0) is 18.6 Å². The Bertz CT molecular complexity index is 527. The molecule has 1 aromatic rings. The quantitative estimate of drug-likeness (QED) is 0.606. The normalized spacial score (nSPS) is 11.2. The molecular formula is C9H13N3O4S. The van der Waals surface area contributed by atoms with E-state index >= 15 is 0 Å². The third-order valence-electron chi connectivity index (χ3n) is 2.04. The van der Waals surface area contributed by atoms with Crippen molar-refractivity contribution in [3.05, 3.63) is 28.3 Å². The number of nitrogens with two attached hydrogens (primary N) is 1. The zero-order valence-electron chi connectivity index (χ0n) is 9.21. The lowest BCUT2D eigenvalue weighted by molar-refractivity contribution is -0.387. The maximum absolute atomic E-state index is 11.2. The number of anilines is 1. The number of hydrogen-bond acceptors (Lipinski definition) is 5.